The van der Waals surface area contributed by atoms with Crippen LogP contribution in [0.25, 0.3) is 0 Å². The highest BCUT2D eigenvalue weighted by Gasteiger charge is 2.23. The summed E-state index contributed by atoms with van der Waals surface area (Å²) in [6.45, 7) is 8.20. The lowest BCUT2D eigenvalue weighted by Crippen LogP contribution is -2.24. The number of pyridine rings is 1. The van der Waals surface area contributed by atoms with Crippen molar-refractivity contribution in [3.63, 3.8) is 0 Å². The molecule has 2 N–H and O–H groups in total. The fraction of sp³-hybridized carbons (Fsp3) is 0.500. The van der Waals surface area contributed by atoms with Crippen LogP contribution in [0.4, 0.5) is 5.69 Å². The van der Waals surface area contributed by atoms with Crippen molar-refractivity contribution in [3.05, 3.63) is 24.0 Å². The smallest absolute Gasteiger partial charge is 0.356 e. The van der Waals surface area contributed by atoms with Gasteiger partial charge in [0.2, 0.25) is 5.91 Å². The van der Waals surface area contributed by atoms with Crippen LogP contribution < -0.4 is 5.32 Å². The number of nitrogens with one attached hydrogen (secondary N) is 1. The number of carboxylic acid groups (broad SMARTS) is 1. The molecule has 1 rings (SSSR count). The Kier molecular flexibility index (Phi) is 4.64. The van der Waals surface area contributed by atoms with Gasteiger partial charge in [0.25, 0.3) is 0 Å². The van der Waals surface area contributed by atoms with Gasteiger partial charge in [0, 0.05) is 12.6 Å². The molecule has 0 bridgehead atoms. The number of carbonyl (C=O) groups is 2. The average Bonchev–Trinajstić information content (AvgIpc) is 2.27. The Bertz CT molecular complexity index is 478. The number of hydrogen-bond acceptors (Lipinski definition) is 3. The minimum Gasteiger partial charge on any atom is -0.476 e. The number of amides is 1. The molecule has 0 saturated heterocycles. The lowest BCUT2D eigenvalue weighted by atomic mass is 9.80. The van der Waals surface area contributed by atoms with Gasteiger partial charge >= 0.3 is 5.97 Å². The molecule has 5 heteroatoms. The second kappa shape index (κ2) is 5.82. The molecular formula is C14H20N2O3. The third kappa shape index (κ3) is 4.35. The fourth-order valence-electron chi connectivity index (χ4n) is 1.46. The molecule has 0 aliphatic rings. The SMILES string of the molecule is CC(CC(=O)Nc1cccnc1C(=O)O)C(C)(C)C. The molecule has 0 aliphatic carbocycles. The molecule has 0 aliphatic heterocycles. The summed E-state index contributed by atoms with van der Waals surface area (Å²) in [7, 11) is 0. The number of nitrogens with zero attached hydrogens (tertiary/aromatic N) is 1. The van der Waals surface area contributed by atoms with Gasteiger partial charge in [-0.15, -0.1) is 0 Å². The highest BCUT2D eigenvalue weighted by atomic mass is 16.4. The molecule has 1 atom stereocenters. The van der Waals surface area contributed by atoms with E-state index < -0.39 is 5.97 Å². The minimum absolute atomic E-state index is 0.0297. The van der Waals surface area contributed by atoms with E-state index in [2.05, 4.69) is 31.1 Å². The van der Waals surface area contributed by atoms with Crippen LogP contribution in [0.15, 0.2) is 18.3 Å². The maximum absolute atomic E-state index is 11.9. The van der Waals surface area contributed by atoms with Gasteiger partial charge in [-0.1, -0.05) is 27.7 Å². The third-order valence-electron chi connectivity index (χ3n) is 3.25. The second-order valence-electron chi connectivity index (χ2n) is 5.72. The number of hydrogen-bond donors (Lipinski definition) is 2. The summed E-state index contributed by atoms with van der Waals surface area (Å²) < 4.78 is 0. The lowest BCUT2D eigenvalue weighted by Gasteiger charge is -2.26. The molecule has 1 amide bonds. The molecule has 5 nitrogen and oxygen atoms in total. The Hall–Kier alpha value is -1.91. The first-order chi connectivity index (χ1) is 8.71. The van der Waals surface area contributed by atoms with Gasteiger partial charge in [0.05, 0.1) is 5.69 Å². The van der Waals surface area contributed by atoms with Crippen LogP contribution >= 0.6 is 0 Å². The van der Waals surface area contributed by atoms with Crippen molar-refractivity contribution in [2.24, 2.45) is 11.3 Å². The Morgan fingerprint density at radius 3 is 2.58 bits per heavy atom. The summed E-state index contributed by atoms with van der Waals surface area (Å²) in [5, 5.41) is 11.6. The number of carbonyl (C=O) groups excluding carboxylic acids is 1. The first-order valence-corrected chi connectivity index (χ1v) is 6.20. The van der Waals surface area contributed by atoms with Crippen molar-refractivity contribution >= 4 is 17.6 Å². The summed E-state index contributed by atoms with van der Waals surface area (Å²) in [4.78, 5) is 26.6. The zero-order valence-corrected chi connectivity index (χ0v) is 11.7. The molecule has 1 unspecified atom stereocenters. The maximum atomic E-state index is 11.9. The molecule has 0 aromatic carbocycles. The topological polar surface area (TPSA) is 79.3 Å². The van der Waals surface area contributed by atoms with E-state index in [-0.39, 0.29) is 28.6 Å². The highest BCUT2D eigenvalue weighted by Crippen LogP contribution is 2.28. The fourth-order valence-corrected chi connectivity index (χ4v) is 1.46. The zero-order chi connectivity index (χ0) is 14.6. The molecule has 1 heterocycles. The standard InChI is InChI=1S/C14H20N2O3/c1-9(14(2,3)4)8-11(17)16-10-6-5-7-15-12(10)13(18)19/h5-7,9H,8H2,1-4H3,(H,16,17)(H,18,19). The Balaban J connectivity index is 2.76. The van der Waals surface area contributed by atoms with E-state index in [0.29, 0.717) is 6.42 Å². The van der Waals surface area contributed by atoms with Gasteiger partial charge in [0.1, 0.15) is 0 Å². The molecule has 0 saturated carbocycles. The van der Waals surface area contributed by atoms with Crippen molar-refractivity contribution in [3.8, 4) is 0 Å². The van der Waals surface area contributed by atoms with E-state index in [4.69, 9.17) is 5.11 Å². The van der Waals surface area contributed by atoms with E-state index >= 15 is 0 Å². The predicted octanol–water partition coefficient (Wildman–Crippen LogP) is 2.79. The Morgan fingerprint density at radius 1 is 1.42 bits per heavy atom. The molecule has 0 spiro atoms. The average molecular weight is 264 g/mol. The molecule has 1 aromatic heterocycles. The highest BCUT2D eigenvalue weighted by molar-refractivity contribution is 5.99. The van der Waals surface area contributed by atoms with Crippen LogP contribution in [0.5, 0.6) is 0 Å². The van der Waals surface area contributed by atoms with Crippen molar-refractivity contribution < 1.29 is 14.7 Å². The quantitative estimate of drug-likeness (QED) is 0.876. The van der Waals surface area contributed by atoms with Crippen LogP contribution in [0.2, 0.25) is 0 Å². The van der Waals surface area contributed by atoms with Gasteiger partial charge in [-0.2, -0.15) is 0 Å². The normalized spacial score (nSPS) is 12.8. The van der Waals surface area contributed by atoms with Gasteiger partial charge in [0.15, 0.2) is 5.69 Å². The second-order valence-corrected chi connectivity index (χ2v) is 5.72. The summed E-state index contributed by atoms with van der Waals surface area (Å²) >= 11 is 0. The van der Waals surface area contributed by atoms with E-state index in [9.17, 15) is 9.59 Å². The number of carboxylic acids is 1. The summed E-state index contributed by atoms with van der Waals surface area (Å²) in [6.07, 6.45) is 1.73. The van der Waals surface area contributed by atoms with Crippen molar-refractivity contribution in [1.29, 1.82) is 0 Å². The maximum Gasteiger partial charge on any atom is 0.356 e. The summed E-state index contributed by atoms with van der Waals surface area (Å²) in [5.41, 5.74) is 0.127. The van der Waals surface area contributed by atoms with Gasteiger partial charge in [-0.05, 0) is 23.5 Å². The van der Waals surface area contributed by atoms with Crippen LogP contribution in [-0.4, -0.2) is 22.0 Å². The van der Waals surface area contributed by atoms with E-state index in [1.165, 1.54) is 12.3 Å². The molecule has 0 fully saturated rings. The summed E-state index contributed by atoms with van der Waals surface area (Å²) in [5.74, 6) is -1.16. The monoisotopic (exact) mass is 264 g/mol. The summed E-state index contributed by atoms with van der Waals surface area (Å²) in [6, 6.07) is 3.13. The van der Waals surface area contributed by atoms with Crippen molar-refractivity contribution in [1.82, 2.24) is 4.98 Å². The van der Waals surface area contributed by atoms with Gasteiger partial charge in [-0.3, -0.25) is 4.79 Å². The lowest BCUT2D eigenvalue weighted by molar-refractivity contribution is -0.117. The Labute approximate surface area is 113 Å². The molecule has 1 aromatic rings. The van der Waals surface area contributed by atoms with Crippen molar-refractivity contribution in [2.45, 2.75) is 34.1 Å². The molecule has 104 valence electrons. The minimum atomic E-state index is -1.15. The first-order valence-electron chi connectivity index (χ1n) is 6.20. The zero-order valence-electron chi connectivity index (χ0n) is 11.7. The van der Waals surface area contributed by atoms with Crippen LogP contribution in [-0.2, 0) is 4.79 Å². The Morgan fingerprint density at radius 2 is 2.05 bits per heavy atom. The van der Waals surface area contributed by atoms with Crippen LogP contribution in [0.3, 0.4) is 0 Å². The van der Waals surface area contributed by atoms with Crippen LogP contribution in [0, 0.1) is 11.3 Å². The largest absolute Gasteiger partial charge is 0.476 e. The molecular weight excluding hydrogens is 244 g/mol. The van der Waals surface area contributed by atoms with E-state index in [1.807, 2.05) is 6.92 Å². The van der Waals surface area contributed by atoms with Gasteiger partial charge in [-0.25, -0.2) is 9.78 Å². The van der Waals surface area contributed by atoms with Crippen molar-refractivity contribution in [2.75, 3.05) is 5.32 Å². The number of aromatic nitrogens is 1. The van der Waals surface area contributed by atoms with Crippen LogP contribution in [0.1, 0.15) is 44.6 Å². The molecule has 19 heavy (non-hydrogen) atoms. The number of aromatic carboxylic acids is 1. The predicted molar refractivity (Wildman–Crippen MR) is 73.1 cm³/mol. The molecule has 0 radical (unpaired) electrons. The van der Waals surface area contributed by atoms with Gasteiger partial charge < -0.3 is 10.4 Å². The first kappa shape index (κ1) is 15.1. The number of rotatable bonds is 4. The van der Waals surface area contributed by atoms with E-state index in [0.717, 1.165) is 0 Å². The van der Waals surface area contributed by atoms with E-state index in [1.54, 1.807) is 6.07 Å². The number of anilines is 1. The third-order valence-corrected chi connectivity index (χ3v) is 3.25.